The zero-order valence-electron chi connectivity index (χ0n) is 15.4. The van der Waals surface area contributed by atoms with Crippen molar-refractivity contribution in [1.82, 2.24) is 10.2 Å². The fourth-order valence-electron chi connectivity index (χ4n) is 2.93. The first kappa shape index (κ1) is 19.8. The van der Waals surface area contributed by atoms with Crippen molar-refractivity contribution >= 4 is 27.9 Å². The highest BCUT2D eigenvalue weighted by atomic mass is 79.9. The summed E-state index contributed by atoms with van der Waals surface area (Å²) in [6.07, 6.45) is 2.81. The summed E-state index contributed by atoms with van der Waals surface area (Å²) < 4.78 is 6.06. The summed E-state index contributed by atoms with van der Waals surface area (Å²) in [5.41, 5.74) is 0.963. The highest BCUT2D eigenvalue weighted by Gasteiger charge is 2.24. The van der Waals surface area contributed by atoms with E-state index in [1.165, 1.54) is 6.42 Å². The molecule has 0 aliphatic carbocycles. The molecule has 0 saturated carbocycles. The van der Waals surface area contributed by atoms with Crippen molar-refractivity contribution < 1.29 is 14.3 Å². The Morgan fingerprint density at radius 2 is 2.00 bits per heavy atom. The van der Waals surface area contributed by atoms with Gasteiger partial charge in [-0.2, -0.15) is 0 Å². The molecular weight excluding hydrogens is 384 g/mol. The lowest BCUT2D eigenvalue weighted by molar-refractivity contribution is 0.0523. The Morgan fingerprint density at radius 3 is 2.64 bits per heavy atom. The van der Waals surface area contributed by atoms with E-state index in [1.54, 1.807) is 0 Å². The number of carbonyl (C=O) groups excluding carboxylic acids is 2. The van der Waals surface area contributed by atoms with E-state index in [2.05, 4.69) is 28.2 Å². The van der Waals surface area contributed by atoms with Gasteiger partial charge in [-0.05, 0) is 70.7 Å². The SMILES string of the molecule is CC1CCCCN1C(=O)c1cc(Br)cc(CNC(=O)OC(C)(C)C)c1. The molecule has 1 atom stereocenters. The Balaban J connectivity index is 2.06. The largest absolute Gasteiger partial charge is 0.444 e. The molecule has 1 aliphatic rings. The second-order valence-corrected chi connectivity index (χ2v) is 8.46. The number of piperidine rings is 1. The number of rotatable bonds is 3. The van der Waals surface area contributed by atoms with Gasteiger partial charge < -0.3 is 15.0 Å². The number of benzene rings is 1. The van der Waals surface area contributed by atoms with Crippen molar-refractivity contribution in [1.29, 1.82) is 0 Å². The van der Waals surface area contributed by atoms with Gasteiger partial charge in [0.1, 0.15) is 5.60 Å². The minimum absolute atomic E-state index is 0.0482. The number of alkyl carbamates (subject to hydrolysis) is 1. The van der Waals surface area contributed by atoms with Crippen molar-refractivity contribution in [3.8, 4) is 0 Å². The Labute approximate surface area is 158 Å². The third kappa shape index (κ3) is 6.03. The first-order valence-electron chi connectivity index (χ1n) is 8.73. The molecule has 1 aromatic rings. The summed E-state index contributed by atoms with van der Waals surface area (Å²) in [6.45, 7) is 8.68. The molecule has 0 radical (unpaired) electrons. The van der Waals surface area contributed by atoms with Crippen LogP contribution in [0.4, 0.5) is 4.79 Å². The second-order valence-electron chi connectivity index (χ2n) is 7.55. The fourth-order valence-corrected chi connectivity index (χ4v) is 3.47. The summed E-state index contributed by atoms with van der Waals surface area (Å²) in [4.78, 5) is 26.6. The summed E-state index contributed by atoms with van der Waals surface area (Å²) in [5, 5.41) is 2.73. The van der Waals surface area contributed by atoms with E-state index < -0.39 is 11.7 Å². The number of likely N-dealkylation sites (tertiary alicyclic amines) is 1. The minimum Gasteiger partial charge on any atom is -0.444 e. The molecule has 1 N–H and O–H groups in total. The lowest BCUT2D eigenvalue weighted by atomic mass is 10.0. The van der Waals surface area contributed by atoms with E-state index in [4.69, 9.17) is 4.74 Å². The van der Waals surface area contributed by atoms with Crippen LogP contribution in [0.2, 0.25) is 0 Å². The van der Waals surface area contributed by atoms with Gasteiger partial charge in [-0.25, -0.2) is 4.79 Å². The Hall–Kier alpha value is -1.56. The summed E-state index contributed by atoms with van der Waals surface area (Å²) in [5.74, 6) is 0.0482. The third-order valence-corrected chi connectivity index (χ3v) is 4.56. The van der Waals surface area contributed by atoms with E-state index in [9.17, 15) is 9.59 Å². The summed E-state index contributed by atoms with van der Waals surface area (Å²) >= 11 is 3.46. The van der Waals surface area contributed by atoms with Crippen molar-refractivity contribution in [3.05, 3.63) is 33.8 Å². The average molecular weight is 411 g/mol. The molecule has 1 aliphatic heterocycles. The van der Waals surface area contributed by atoms with Gasteiger partial charge in [0.25, 0.3) is 5.91 Å². The molecule has 1 fully saturated rings. The molecule has 2 amide bonds. The highest BCUT2D eigenvalue weighted by molar-refractivity contribution is 9.10. The summed E-state index contributed by atoms with van der Waals surface area (Å²) in [7, 11) is 0. The molecule has 0 aromatic heterocycles. The molecule has 2 rings (SSSR count). The van der Waals surface area contributed by atoms with Gasteiger partial charge in [-0.1, -0.05) is 15.9 Å². The number of amides is 2. The Morgan fingerprint density at radius 1 is 1.28 bits per heavy atom. The molecule has 25 heavy (non-hydrogen) atoms. The predicted molar refractivity (Wildman–Crippen MR) is 102 cm³/mol. The molecule has 1 saturated heterocycles. The van der Waals surface area contributed by atoms with Crippen LogP contribution in [-0.4, -0.2) is 35.1 Å². The highest BCUT2D eigenvalue weighted by Crippen LogP contribution is 2.22. The van der Waals surface area contributed by atoms with Gasteiger partial charge in [0.15, 0.2) is 0 Å². The van der Waals surface area contributed by atoms with Gasteiger partial charge >= 0.3 is 6.09 Å². The average Bonchev–Trinajstić information content (AvgIpc) is 2.50. The van der Waals surface area contributed by atoms with Gasteiger partial charge in [0.2, 0.25) is 0 Å². The quantitative estimate of drug-likeness (QED) is 0.798. The predicted octanol–water partition coefficient (Wildman–Crippen LogP) is 4.49. The topological polar surface area (TPSA) is 58.6 Å². The fraction of sp³-hybridized carbons (Fsp3) is 0.579. The first-order chi connectivity index (χ1) is 11.7. The van der Waals surface area contributed by atoms with E-state index in [0.717, 1.165) is 29.4 Å². The molecule has 5 nitrogen and oxygen atoms in total. The number of hydrogen-bond donors (Lipinski definition) is 1. The third-order valence-electron chi connectivity index (χ3n) is 4.10. The standard InChI is InChI=1S/C19H27BrN2O3/c1-13-7-5-6-8-22(13)17(23)15-9-14(10-16(20)11-15)12-21-18(24)25-19(2,3)4/h9-11,13H,5-8,12H2,1-4H3,(H,21,24). The van der Waals surface area contributed by atoms with Gasteiger partial charge in [0, 0.05) is 29.2 Å². The van der Waals surface area contributed by atoms with Crippen LogP contribution in [-0.2, 0) is 11.3 Å². The lowest BCUT2D eigenvalue weighted by Crippen LogP contribution is -2.42. The van der Waals surface area contributed by atoms with Crippen LogP contribution in [0.15, 0.2) is 22.7 Å². The molecule has 0 spiro atoms. The number of ether oxygens (including phenoxy) is 1. The first-order valence-corrected chi connectivity index (χ1v) is 9.52. The number of hydrogen-bond acceptors (Lipinski definition) is 3. The smallest absolute Gasteiger partial charge is 0.407 e. The van der Waals surface area contributed by atoms with Crippen molar-refractivity contribution in [3.63, 3.8) is 0 Å². The second kappa shape index (κ2) is 8.21. The number of halogens is 1. The number of carbonyl (C=O) groups is 2. The molecule has 6 heteroatoms. The molecule has 0 bridgehead atoms. The minimum atomic E-state index is -0.535. The maximum absolute atomic E-state index is 12.8. The van der Waals surface area contributed by atoms with Gasteiger partial charge in [-0.15, -0.1) is 0 Å². The Kier molecular flexibility index (Phi) is 6.49. The van der Waals surface area contributed by atoms with E-state index in [1.807, 2.05) is 43.9 Å². The molecule has 1 unspecified atom stereocenters. The van der Waals surface area contributed by atoms with E-state index in [0.29, 0.717) is 12.1 Å². The maximum atomic E-state index is 12.8. The van der Waals surface area contributed by atoms with E-state index >= 15 is 0 Å². The monoisotopic (exact) mass is 410 g/mol. The van der Waals surface area contributed by atoms with Crippen LogP contribution in [0, 0.1) is 0 Å². The van der Waals surface area contributed by atoms with Gasteiger partial charge in [0.05, 0.1) is 0 Å². The maximum Gasteiger partial charge on any atom is 0.407 e. The number of nitrogens with zero attached hydrogens (tertiary/aromatic N) is 1. The zero-order valence-corrected chi connectivity index (χ0v) is 17.0. The molecular formula is C19H27BrN2O3. The van der Waals surface area contributed by atoms with Crippen molar-refractivity contribution in [2.75, 3.05) is 6.54 Å². The van der Waals surface area contributed by atoms with Crippen LogP contribution < -0.4 is 5.32 Å². The molecule has 138 valence electrons. The van der Waals surface area contributed by atoms with Crippen LogP contribution in [0.5, 0.6) is 0 Å². The molecule has 1 aromatic carbocycles. The van der Waals surface area contributed by atoms with Crippen molar-refractivity contribution in [2.45, 2.75) is 65.1 Å². The van der Waals surface area contributed by atoms with Crippen molar-refractivity contribution in [2.24, 2.45) is 0 Å². The normalized spacial score (nSPS) is 18.0. The lowest BCUT2D eigenvalue weighted by Gasteiger charge is -2.33. The van der Waals surface area contributed by atoms with E-state index in [-0.39, 0.29) is 11.9 Å². The summed E-state index contributed by atoms with van der Waals surface area (Å²) in [6, 6.07) is 5.84. The van der Waals surface area contributed by atoms with Gasteiger partial charge in [-0.3, -0.25) is 4.79 Å². The number of nitrogens with one attached hydrogen (secondary N) is 1. The molecule has 1 heterocycles. The van der Waals surface area contributed by atoms with Crippen LogP contribution in [0.3, 0.4) is 0 Å². The van der Waals surface area contributed by atoms with Crippen LogP contribution in [0.1, 0.15) is 62.9 Å². The zero-order chi connectivity index (χ0) is 18.6. The van der Waals surface area contributed by atoms with Crippen LogP contribution >= 0.6 is 15.9 Å². The Bertz CT molecular complexity index is 640. The van der Waals surface area contributed by atoms with Crippen LogP contribution in [0.25, 0.3) is 0 Å².